The van der Waals surface area contributed by atoms with Crippen molar-refractivity contribution in [3.8, 4) is 0 Å². The van der Waals surface area contributed by atoms with Gasteiger partial charge in [-0.15, -0.1) is 0 Å². The molecule has 0 aliphatic carbocycles. The van der Waals surface area contributed by atoms with E-state index in [9.17, 15) is 0 Å². The molecule has 1 atom stereocenters. The van der Waals surface area contributed by atoms with Crippen LogP contribution in [0.15, 0.2) is 0 Å². The lowest BCUT2D eigenvalue weighted by Crippen LogP contribution is -2.37. The summed E-state index contributed by atoms with van der Waals surface area (Å²) in [6.07, 6.45) is 5.68. The number of likely N-dealkylation sites (tertiary alicyclic amines) is 1. The molecule has 2 aliphatic heterocycles. The molecule has 2 saturated heterocycles. The van der Waals surface area contributed by atoms with E-state index in [0.29, 0.717) is 6.10 Å². The summed E-state index contributed by atoms with van der Waals surface area (Å²) >= 11 is 0. The Balaban J connectivity index is 1.69. The van der Waals surface area contributed by atoms with Gasteiger partial charge >= 0.3 is 0 Å². The van der Waals surface area contributed by atoms with Crippen LogP contribution in [0.5, 0.6) is 0 Å². The van der Waals surface area contributed by atoms with Gasteiger partial charge in [0.05, 0.1) is 6.10 Å². The molecule has 2 nitrogen and oxygen atoms in total. The van der Waals surface area contributed by atoms with Crippen molar-refractivity contribution in [3.63, 3.8) is 0 Å². The fourth-order valence-electron chi connectivity index (χ4n) is 2.19. The van der Waals surface area contributed by atoms with E-state index < -0.39 is 0 Å². The molecule has 2 heterocycles. The standard InChI is InChI=1S/C11H20NO/c1-10-4-6-12(7-5-10)9-11-3-2-8-13-11/h11H,2-9H2,1H3/q-1. The number of piperidine rings is 1. The van der Waals surface area contributed by atoms with Gasteiger partial charge in [-0.1, -0.05) is 0 Å². The Morgan fingerprint density at radius 3 is 2.77 bits per heavy atom. The predicted molar refractivity (Wildman–Crippen MR) is 53.6 cm³/mol. The second-order valence-corrected chi connectivity index (χ2v) is 4.39. The Hall–Kier alpha value is -0.0800. The van der Waals surface area contributed by atoms with E-state index in [1.54, 1.807) is 5.92 Å². The Bertz CT molecular complexity index is 146. The first kappa shape index (κ1) is 9.47. The van der Waals surface area contributed by atoms with Gasteiger partial charge in [-0.25, -0.2) is 0 Å². The Kier molecular flexibility index (Phi) is 3.23. The molecule has 2 rings (SSSR count). The highest BCUT2D eigenvalue weighted by Crippen LogP contribution is 2.20. The van der Waals surface area contributed by atoms with E-state index in [0.717, 1.165) is 6.61 Å². The van der Waals surface area contributed by atoms with Gasteiger partial charge in [0.2, 0.25) is 0 Å². The van der Waals surface area contributed by atoms with Crippen LogP contribution in [0.4, 0.5) is 0 Å². The Morgan fingerprint density at radius 1 is 1.38 bits per heavy atom. The van der Waals surface area contributed by atoms with Crippen molar-refractivity contribution in [2.24, 2.45) is 0 Å². The van der Waals surface area contributed by atoms with Crippen molar-refractivity contribution in [2.45, 2.75) is 38.7 Å². The van der Waals surface area contributed by atoms with Gasteiger partial charge in [0, 0.05) is 13.2 Å². The summed E-state index contributed by atoms with van der Waals surface area (Å²) in [7, 11) is 0. The third kappa shape index (κ3) is 2.68. The molecule has 0 N–H and O–H groups in total. The number of rotatable bonds is 2. The van der Waals surface area contributed by atoms with Crippen LogP contribution >= 0.6 is 0 Å². The van der Waals surface area contributed by atoms with Crippen LogP contribution in [0.25, 0.3) is 0 Å². The molecule has 0 aromatic rings. The van der Waals surface area contributed by atoms with Crippen molar-refractivity contribution in [2.75, 3.05) is 26.2 Å². The predicted octanol–water partition coefficient (Wildman–Crippen LogP) is 1.86. The maximum atomic E-state index is 5.63. The first-order valence-electron chi connectivity index (χ1n) is 5.50. The molecule has 0 amide bonds. The summed E-state index contributed by atoms with van der Waals surface area (Å²) in [5, 5.41) is 0. The van der Waals surface area contributed by atoms with Crippen molar-refractivity contribution < 1.29 is 4.74 Å². The summed E-state index contributed by atoms with van der Waals surface area (Å²) in [5.41, 5.74) is 0. The first-order valence-corrected chi connectivity index (χ1v) is 5.50. The average Bonchev–Trinajstić information content (AvgIpc) is 2.62. The van der Waals surface area contributed by atoms with E-state index in [1.807, 2.05) is 0 Å². The van der Waals surface area contributed by atoms with Crippen LogP contribution in [-0.4, -0.2) is 37.2 Å². The van der Waals surface area contributed by atoms with Crippen LogP contribution in [-0.2, 0) is 4.74 Å². The van der Waals surface area contributed by atoms with Crippen LogP contribution in [0.1, 0.15) is 32.6 Å². The maximum Gasteiger partial charge on any atom is 0.0702 e. The smallest absolute Gasteiger partial charge is 0.0702 e. The van der Waals surface area contributed by atoms with Gasteiger partial charge in [0.1, 0.15) is 0 Å². The zero-order valence-electron chi connectivity index (χ0n) is 8.59. The highest BCUT2D eigenvalue weighted by molar-refractivity contribution is 4.90. The summed E-state index contributed by atoms with van der Waals surface area (Å²) in [6.45, 7) is 6.96. The molecule has 0 radical (unpaired) electrons. The van der Waals surface area contributed by atoms with E-state index in [1.165, 1.54) is 45.3 Å². The van der Waals surface area contributed by atoms with Crippen molar-refractivity contribution in [1.82, 2.24) is 4.90 Å². The number of hydrogen-bond acceptors (Lipinski definition) is 2. The summed E-state index contributed by atoms with van der Waals surface area (Å²) in [5.74, 6) is 1.67. The average molecular weight is 182 g/mol. The molecule has 0 saturated carbocycles. The minimum atomic E-state index is 0.540. The fraction of sp³-hybridized carbons (Fsp3) is 0.909. The molecule has 0 aromatic heterocycles. The van der Waals surface area contributed by atoms with Crippen LogP contribution in [0.2, 0.25) is 0 Å². The highest BCUT2D eigenvalue weighted by Gasteiger charge is 2.19. The third-order valence-electron chi connectivity index (χ3n) is 3.20. The molecule has 13 heavy (non-hydrogen) atoms. The summed E-state index contributed by atoms with van der Waals surface area (Å²) in [4.78, 5) is 2.56. The second kappa shape index (κ2) is 4.43. The molecule has 1 unspecified atom stereocenters. The lowest BCUT2D eigenvalue weighted by Gasteiger charge is -2.39. The van der Waals surface area contributed by atoms with Crippen LogP contribution in [0, 0.1) is 5.92 Å². The Morgan fingerprint density at radius 2 is 2.15 bits per heavy atom. The van der Waals surface area contributed by atoms with Crippen molar-refractivity contribution in [3.05, 3.63) is 5.92 Å². The normalized spacial score (nSPS) is 32.5. The number of ether oxygens (including phenoxy) is 1. The van der Waals surface area contributed by atoms with Gasteiger partial charge in [-0.05, 0) is 25.9 Å². The molecule has 0 bridgehead atoms. The molecule has 2 fully saturated rings. The maximum absolute atomic E-state index is 5.63. The molecule has 2 aliphatic rings. The van der Waals surface area contributed by atoms with Crippen LogP contribution in [0.3, 0.4) is 0 Å². The molecule has 76 valence electrons. The monoisotopic (exact) mass is 182 g/mol. The van der Waals surface area contributed by atoms with E-state index >= 15 is 0 Å². The zero-order valence-corrected chi connectivity index (χ0v) is 8.59. The van der Waals surface area contributed by atoms with E-state index in [4.69, 9.17) is 4.74 Å². The number of hydrogen-bond donors (Lipinski definition) is 0. The topological polar surface area (TPSA) is 12.5 Å². The molecular formula is C11H20NO-. The highest BCUT2D eigenvalue weighted by atomic mass is 16.5. The second-order valence-electron chi connectivity index (χ2n) is 4.39. The Labute approximate surface area is 81.3 Å². The molecular weight excluding hydrogens is 162 g/mol. The lowest BCUT2D eigenvalue weighted by molar-refractivity contribution is 0.0686. The fourth-order valence-corrected chi connectivity index (χ4v) is 2.19. The van der Waals surface area contributed by atoms with Crippen LogP contribution < -0.4 is 0 Å². The van der Waals surface area contributed by atoms with Gasteiger partial charge in [-0.3, -0.25) is 0 Å². The van der Waals surface area contributed by atoms with Crippen molar-refractivity contribution >= 4 is 0 Å². The lowest BCUT2D eigenvalue weighted by atomic mass is 9.99. The summed E-state index contributed by atoms with van der Waals surface area (Å²) < 4.78 is 5.63. The van der Waals surface area contributed by atoms with Gasteiger partial charge in [0.15, 0.2) is 0 Å². The molecule has 0 aromatic carbocycles. The number of nitrogens with zero attached hydrogens (tertiary/aromatic N) is 1. The quantitative estimate of drug-likeness (QED) is 0.604. The molecule has 2 heteroatoms. The zero-order chi connectivity index (χ0) is 9.10. The van der Waals surface area contributed by atoms with Gasteiger partial charge < -0.3 is 15.6 Å². The minimum Gasteiger partial charge on any atom is -0.377 e. The minimum absolute atomic E-state index is 0.540. The SMILES string of the molecule is C[C-]1CCN(CC2CCCO2)CC1. The van der Waals surface area contributed by atoms with E-state index in [2.05, 4.69) is 11.8 Å². The summed E-state index contributed by atoms with van der Waals surface area (Å²) in [6, 6.07) is 0. The molecule has 0 spiro atoms. The largest absolute Gasteiger partial charge is 0.377 e. The van der Waals surface area contributed by atoms with Gasteiger partial charge in [0.25, 0.3) is 0 Å². The first-order chi connectivity index (χ1) is 6.34. The van der Waals surface area contributed by atoms with Crippen molar-refractivity contribution in [1.29, 1.82) is 0 Å². The van der Waals surface area contributed by atoms with E-state index in [-0.39, 0.29) is 0 Å². The third-order valence-corrected chi connectivity index (χ3v) is 3.20. The van der Waals surface area contributed by atoms with Gasteiger partial charge in [-0.2, -0.15) is 19.8 Å².